The number of rotatable bonds is 6. The molecule has 1 amide bonds. The molecule has 168 valence electrons. The van der Waals surface area contributed by atoms with Crippen LogP contribution >= 0.6 is 11.5 Å². The smallest absolute Gasteiger partial charge is 0.441 e. The van der Waals surface area contributed by atoms with Gasteiger partial charge < -0.3 is 4.74 Å². The summed E-state index contributed by atoms with van der Waals surface area (Å²) >= 11 is 1.37. The molecule has 0 aliphatic carbocycles. The fourth-order valence-corrected chi connectivity index (χ4v) is 4.46. The van der Waals surface area contributed by atoms with E-state index in [9.17, 15) is 4.79 Å². The standard InChI is InChI=1S/C28H27N2O2S.Na/c1-18(2)21-10-12-23(13-11-21)24-14-16-25(17-15-24)27-26(19(3)30-33-27)29-28(31)32-20(4)22-8-6-5-7-9-22;/h5-17,20H,1-4H3,(H,29,31);/q-1;+1/t20-;/m1./s1. The summed E-state index contributed by atoms with van der Waals surface area (Å²) in [6.45, 7) is 7.98. The quantitative estimate of drug-likeness (QED) is 0.311. The van der Waals surface area contributed by atoms with Crippen molar-refractivity contribution < 1.29 is 39.1 Å². The molecule has 4 aromatic rings. The molecule has 0 aliphatic heterocycles. The van der Waals surface area contributed by atoms with E-state index in [1.54, 1.807) is 0 Å². The molecular formula is C28H27N2NaO2S. The van der Waals surface area contributed by atoms with E-state index in [1.807, 2.05) is 44.2 Å². The zero-order valence-electron chi connectivity index (χ0n) is 20.3. The first-order valence-corrected chi connectivity index (χ1v) is 11.7. The zero-order chi connectivity index (χ0) is 23.4. The maximum atomic E-state index is 12.6. The maximum Gasteiger partial charge on any atom is 1.00 e. The zero-order valence-corrected chi connectivity index (χ0v) is 23.1. The van der Waals surface area contributed by atoms with Gasteiger partial charge in [-0.25, -0.2) is 4.79 Å². The summed E-state index contributed by atoms with van der Waals surface area (Å²) in [5.41, 5.74) is 6.98. The minimum absolute atomic E-state index is 0. The van der Waals surface area contributed by atoms with Crippen molar-refractivity contribution in [2.75, 3.05) is 5.32 Å². The van der Waals surface area contributed by atoms with Crippen LogP contribution in [0.3, 0.4) is 0 Å². The van der Waals surface area contributed by atoms with E-state index in [2.05, 4.69) is 72.1 Å². The second-order valence-corrected chi connectivity index (χ2v) is 8.98. The Bertz CT molecular complexity index is 1220. The number of carbonyl (C=O) groups is 1. The normalized spacial score (nSPS) is 11.3. The van der Waals surface area contributed by atoms with E-state index in [4.69, 9.17) is 4.74 Å². The van der Waals surface area contributed by atoms with Gasteiger partial charge in [-0.1, -0.05) is 68.4 Å². The molecule has 1 heterocycles. The number of nitrogens with one attached hydrogen (secondary N) is 1. The molecule has 34 heavy (non-hydrogen) atoms. The monoisotopic (exact) mass is 478 g/mol. The summed E-state index contributed by atoms with van der Waals surface area (Å²) < 4.78 is 10.0. The molecule has 0 unspecified atom stereocenters. The van der Waals surface area contributed by atoms with Gasteiger partial charge in [0.15, 0.2) is 0 Å². The van der Waals surface area contributed by atoms with Gasteiger partial charge in [0.2, 0.25) is 0 Å². The summed E-state index contributed by atoms with van der Waals surface area (Å²) in [6.07, 6.45) is -0.836. The first kappa shape index (κ1) is 26.0. The Hall–Kier alpha value is -2.57. The minimum Gasteiger partial charge on any atom is -0.441 e. The third-order valence-electron chi connectivity index (χ3n) is 5.59. The fraction of sp³-hybridized carbons (Fsp3) is 0.179. The Morgan fingerprint density at radius 1 is 0.912 bits per heavy atom. The molecule has 1 N–H and O–H groups in total. The van der Waals surface area contributed by atoms with Crippen LogP contribution in [0.5, 0.6) is 0 Å². The van der Waals surface area contributed by atoms with Crippen LogP contribution in [0.15, 0.2) is 78.9 Å². The van der Waals surface area contributed by atoms with Crippen LogP contribution in [0, 0.1) is 12.8 Å². The van der Waals surface area contributed by atoms with Crippen LogP contribution in [-0.2, 0) is 4.74 Å². The van der Waals surface area contributed by atoms with Gasteiger partial charge >= 0.3 is 35.7 Å². The number of aryl methyl sites for hydroxylation is 1. The summed E-state index contributed by atoms with van der Waals surface area (Å²) in [5.74, 6) is 1.30. The van der Waals surface area contributed by atoms with Crippen molar-refractivity contribution in [3.63, 3.8) is 0 Å². The molecular weight excluding hydrogens is 451 g/mol. The third-order valence-corrected chi connectivity index (χ3v) is 6.57. The molecule has 4 rings (SSSR count). The maximum absolute atomic E-state index is 12.6. The van der Waals surface area contributed by atoms with Crippen molar-refractivity contribution in [2.24, 2.45) is 0 Å². The minimum atomic E-state index is -0.490. The Labute approximate surface area is 227 Å². The summed E-state index contributed by atoms with van der Waals surface area (Å²) in [7, 11) is 0. The number of amides is 1. The van der Waals surface area contributed by atoms with Crippen molar-refractivity contribution >= 4 is 23.3 Å². The van der Waals surface area contributed by atoms with E-state index < -0.39 is 6.09 Å². The average Bonchev–Trinajstić information content (AvgIpc) is 3.19. The van der Waals surface area contributed by atoms with Gasteiger partial charge in [-0.15, -0.1) is 12.1 Å². The third kappa shape index (κ3) is 6.10. The van der Waals surface area contributed by atoms with Gasteiger partial charge in [-0.3, -0.25) is 5.32 Å². The number of hydrogen-bond donors (Lipinski definition) is 1. The van der Waals surface area contributed by atoms with Gasteiger partial charge in [-0.2, -0.15) is 28.0 Å². The van der Waals surface area contributed by atoms with Gasteiger partial charge in [0.25, 0.3) is 0 Å². The van der Waals surface area contributed by atoms with E-state index in [0.29, 0.717) is 5.69 Å². The van der Waals surface area contributed by atoms with Crippen LogP contribution in [0.4, 0.5) is 10.5 Å². The van der Waals surface area contributed by atoms with Crippen LogP contribution < -0.4 is 34.9 Å². The van der Waals surface area contributed by atoms with Crippen molar-refractivity contribution in [3.8, 4) is 21.6 Å². The predicted octanol–water partition coefficient (Wildman–Crippen LogP) is 5.06. The van der Waals surface area contributed by atoms with Crippen molar-refractivity contribution in [3.05, 3.63) is 102 Å². The van der Waals surface area contributed by atoms with Crippen LogP contribution in [0.2, 0.25) is 0 Å². The van der Waals surface area contributed by atoms with Crippen LogP contribution in [0.25, 0.3) is 21.6 Å². The molecule has 0 radical (unpaired) electrons. The Morgan fingerprint density at radius 3 is 2.06 bits per heavy atom. The number of anilines is 1. The van der Waals surface area contributed by atoms with Crippen molar-refractivity contribution in [1.82, 2.24) is 4.37 Å². The van der Waals surface area contributed by atoms with Gasteiger partial charge in [0.05, 0.1) is 16.3 Å². The predicted molar refractivity (Wildman–Crippen MR) is 136 cm³/mol. The average molecular weight is 479 g/mol. The Kier molecular flexibility index (Phi) is 8.97. The molecule has 0 fully saturated rings. The molecule has 0 saturated carbocycles. The van der Waals surface area contributed by atoms with Crippen molar-refractivity contribution in [2.45, 2.75) is 33.8 Å². The number of ether oxygens (including phenoxy) is 1. The topological polar surface area (TPSA) is 51.2 Å². The second-order valence-electron chi connectivity index (χ2n) is 8.21. The molecule has 6 heteroatoms. The van der Waals surface area contributed by atoms with Gasteiger partial charge in [-0.05, 0) is 47.6 Å². The van der Waals surface area contributed by atoms with Crippen molar-refractivity contribution in [1.29, 1.82) is 0 Å². The molecule has 4 nitrogen and oxygen atoms in total. The molecule has 1 atom stereocenters. The number of nitrogens with zero attached hydrogens (tertiary/aromatic N) is 1. The molecule has 0 bridgehead atoms. The molecule has 1 aromatic heterocycles. The first-order chi connectivity index (χ1) is 15.9. The first-order valence-electron chi connectivity index (χ1n) is 10.9. The van der Waals surface area contributed by atoms with E-state index in [1.165, 1.54) is 28.6 Å². The Morgan fingerprint density at radius 2 is 1.47 bits per heavy atom. The number of carbonyl (C=O) groups excluding carboxylic acids is 1. The number of hydrogen-bond acceptors (Lipinski definition) is 4. The summed E-state index contributed by atoms with van der Waals surface area (Å²) in [4.78, 5) is 13.5. The fourth-order valence-electron chi connectivity index (χ4n) is 3.61. The van der Waals surface area contributed by atoms with E-state index in [0.717, 1.165) is 27.3 Å². The SMILES string of the molecule is Cc1nsc(-c2ccc(-c3ccc([C-](C)C)cc3)cc2)c1NC(=O)O[C@H](C)c1ccccc1.[Na+]. The van der Waals surface area contributed by atoms with E-state index in [-0.39, 0.29) is 35.7 Å². The van der Waals surface area contributed by atoms with Crippen LogP contribution in [-0.4, -0.2) is 10.5 Å². The molecule has 3 aromatic carbocycles. The van der Waals surface area contributed by atoms with Gasteiger partial charge in [0, 0.05) is 0 Å². The largest absolute Gasteiger partial charge is 1.00 e. The van der Waals surface area contributed by atoms with Gasteiger partial charge in [0.1, 0.15) is 6.10 Å². The summed E-state index contributed by atoms with van der Waals surface area (Å²) in [6, 6.07) is 26.6. The van der Waals surface area contributed by atoms with E-state index >= 15 is 0 Å². The van der Waals surface area contributed by atoms with Crippen LogP contribution in [0.1, 0.15) is 43.7 Å². The molecule has 0 spiro atoms. The number of aromatic nitrogens is 1. The Balaban J connectivity index is 0.00000324. The number of benzene rings is 3. The molecule has 0 aliphatic rings. The second kappa shape index (κ2) is 11.7. The molecule has 0 saturated heterocycles. The summed E-state index contributed by atoms with van der Waals surface area (Å²) in [5, 5.41) is 2.91.